The first kappa shape index (κ1) is 17.1. The Balaban J connectivity index is 1.89. The number of aromatic amines is 1. The molecule has 7 heteroatoms. The van der Waals surface area contributed by atoms with Gasteiger partial charge in [0.2, 0.25) is 0 Å². The monoisotopic (exact) mass is 371 g/mol. The number of Topliss-reactive ketones (excluding diaryl/α,β-unsaturated/α-hetero) is 1. The van der Waals surface area contributed by atoms with Crippen molar-refractivity contribution in [1.29, 1.82) is 0 Å². The van der Waals surface area contributed by atoms with Crippen LogP contribution in [0, 0.1) is 6.92 Å². The van der Waals surface area contributed by atoms with Gasteiger partial charge in [-0.1, -0.05) is 18.7 Å². The number of carbonyl (C=O) groups is 1. The summed E-state index contributed by atoms with van der Waals surface area (Å²) >= 11 is 1.53. The molecule has 3 heterocycles. The molecule has 2 aromatic rings. The van der Waals surface area contributed by atoms with E-state index in [0.717, 1.165) is 36.5 Å². The van der Waals surface area contributed by atoms with Gasteiger partial charge in [0, 0.05) is 23.4 Å². The third-order valence-corrected chi connectivity index (χ3v) is 5.80. The van der Waals surface area contributed by atoms with E-state index in [1.54, 1.807) is 0 Å². The number of nitrogens with zero attached hydrogens (tertiary/aromatic N) is 1. The minimum atomic E-state index is -0.496. The molecule has 0 fully saturated rings. The number of aromatic nitrogens is 2. The van der Waals surface area contributed by atoms with E-state index in [1.807, 2.05) is 19.1 Å². The Morgan fingerprint density at radius 1 is 1.31 bits per heavy atom. The summed E-state index contributed by atoms with van der Waals surface area (Å²) < 4.78 is 5.83. The van der Waals surface area contributed by atoms with Crippen molar-refractivity contribution in [2.24, 2.45) is 0 Å². The fourth-order valence-electron chi connectivity index (χ4n) is 3.60. The van der Waals surface area contributed by atoms with Crippen molar-refractivity contribution in [2.75, 3.05) is 11.1 Å². The second-order valence-corrected chi connectivity index (χ2v) is 7.74. The van der Waals surface area contributed by atoms with Crippen LogP contribution in [0.1, 0.15) is 55.6 Å². The number of thioether (sulfide) groups is 1. The highest BCUT2D eigenvalue weighted by Crippen LogP contribution is 2.43. The molecule has 4 rings (SSSR count). The van der Waals surface area contributed by atoms with Crippen LogP contribution in [0.25, 0.3) is 0 Å². The van der Waals surface area contributed by atoms with Crippen LogP contribution in [0.2, 0.25) is 0 Å². The van der Waals surface area contributed by atoms with E-state index >= 15 is 0 Å². The number of allylic oxidation sites excluding steroid dienone is 2. The molecule has 0 spiro atoms. The van der Waals surface area contributed by atoms with E-state index in [2.05, 4.69) is 22.2 Å². The standard InChI is InChI=1S/C19H21N3O3S/c1-3-9-26-19-21-17-16(18(24)22-19)15(13-8-7-10(2)25-13)14-11(20-17)5-4-6-12(14)23/h7-8,15H,3-6,9H2,1-2H3,(H2,20,21,22,24). The minimum Gasteiger partial charge on any atom is -0.465 e. The van der Waals surface area contributed by atoms with Crippen molar-refractivity contribution < 1.29 is 9.21 Å². The zero-order valence-corrected chi connectivity index (χ0v) is 15.7. The van der Waals surface area contributed by atoms with Gasteiger partial charge in [0.05, 0.1) is 11.5 Å². The number of fused-ring (bicyclic) bond motifs is 1. The van der Waals surface area contributed by atoms with Crippen LogP contribution in [0.3, 0.4) is 0 Å². The number of carbonyl (C=O) groups excluding carboxylic acids is 1. The lowest BCUT2D eigenvalue weighted by Gasteiger charge is -2.31. The van der Waals surface area contributed by atoms with E-state index in [1.165, 1.54) is 11.8 Å². The molecular weight excluding hydrogens is 350 g/mol. The molecule has 1 aliphatic carbocycles. The topological polar surface area (TPSA) is 88.0 Å². The Labute approximate surface area is 155 Å². The van der Waals surface area contributed by atoms with Crippen LogP contribution in [0.4, 0.5) is 5.82 Å². The van der Waals surface area contributed by atoms with E-state index in [9.17, 15) is 9.59 Å². The summed E-state index contributed by atoms with van der Waals surface area (Å²) in [6.07, 6.45) is 3.09. The predicted molar refractivity (Wildman–Crippen MR) is 101 cm³/mol. The summed E-state index contributed by atoms with van der Waals surface area (Å²) in [5, 5.41) is 3.87. The van der Waals surface area contributed by atoms with Crippen molar-refractivity contribution in [1.82, 2.24) is 9.97 Å². The molecule has 1 aliphatic heterocycles. The maximum absolute atomic E-state index is 12.9. The molecule has 2 aliphatic rings. The molecule has 0 saturated heterocycles. The van der Waals surface area contributed by atoms with E-state index in [4.69, 9.17) is 4.42 Å². The third-order valence-electron chi connectivity index (χ3n) is 4.72. The molecule has 0 bridgehead atoms. The van der Waals surface area contributed by atoms with Gasteiger partial charge in [-0.2, -0.15) is 0 Å². The second-order valence-electron chi connectivity index (χ2n) is 6.66. The molecule has 2 N–H and O–H groups in total. The number of ketones is 1. The van der Waals surface area contributed by atoms with Crippen LogP contribution >= 0.6 is 11.8 Å². The summed E-state index contributed by atoms with van der Waals surface area (Å²) in [4.78, 5) is 33.1. The van der Waals surface area contributed by atoms with Crippen molar-refractivity contribution >= 4 is 23.4 Å². The Morgan fingerprint density at radius 3 is 2.88 bits per heavy atom. The smallest absolute Gasteiger partial charge is 0.257 e. The maximum atomic E-state index is 12.9. The maximum Gasteiger partial charge on any atom is 0.257 e. The molecule has 26 heavy (non-hydrogen) atoms. The van der Waals surface area contributed by atoms with E-state index < -0.39 is 5.92 Å². The number of anilines is 1. The molecule has 1 unspecified atom stereocenters. The lowest BCUT2D eigenvalue weighted by Crippen LogP contribution is -2.32. The van der Waals surface area contributed by atoms with Gasteiger partial charge >= 0.3 is 0 Å². The molecule has 0 amide bonds. The van der Waals surface area contributed by atoms with Crippen molar-refractivity contribution in [3.8, 4) is 0 Å². The summed E-state index contributed by atoms with van der Waals surface area (Å²) in [5.74, 6) is 2.38. The predicted octanol–water partition coefficient (Wildman–Crippen LogP) is 3.74. The normalized spacial score (nSPS) is 19.2. The highest BCUT2D eigenvalue weighted by atomic mass is 32.2. The van der Waals surface area contributed by atoms with Gasteiger partial charge in [-0.15, -0.1) is 0 Å². The lowest BCUT2D eigenvalue weighted by atomic mass is 9.79. The fourth-order valence-corrected chi connectivity index (χ4v) is 4.32. The highest BCUT2D eigenvalue weighted by molar-refractivity contribution is 7.99. The van der Waals surface area contributed by atoms with Crippen LogP contribution in [-0.4, -0.2) is 21.5 Å². The highest BCUT2D eigenvalue weighted by Gasteiger charge is 2.39. The Kier molecular flexibility index (Phi) is 4.48. The van der Waals surface area contributed by atoms with Gasteiger partial charge in [-0.3, -0.25) is 9.59 Å². The van der Waals surface area contributed by atoms with Crippen LogP contribution in [-0.2, 0) is 4.79 Å². The van der Waals surface area contributed by atoms with Crippen molar-refractivity contribution in [2.45, 2.75) is 50.6 Å². The largest absolute Gasteiger partial charge is 0.465 e. The van der Waals surface area contributed by atoms with Gasteiger partial charge in [0.15, 0.2) is 10.9 Å². The van der Waals surface area contributed by atoms with Crippen molar-refractivity contribution in [3.05, 3.63) is 50.8 Å². The first-order valence-corrected chi connectivity index (χ1v) is 9.93. The van der Waals surface area contributed by atoms with Gasteiger partial charge in [-0.25, -0.2) is 4.98 Å². The van der Waals surface area contributed by atoms with Crippen LogP contribution < -0.4 is 10.9 Å². The molecule has 136 valence electrons. The molecule has 6 nitrogen and oxygen atoms in total. The quantitative estimate of drug-likeness (QED) is 0.629. The summed E-state index contributed by atoms with van der Waals surface area (Å²) in [7, 11) is 0. The summed E-state index contributed by atoms with van der Waals surface area (Å²) in [6.45, 7) is 3.94. The molecular formula is C19H21N3O3S. The number of aryl methyl sites for hydroxylation is 1. The molecule has 1 atom stereocenters. The Bertz CT molecular complexity index is 957. The van der Waals surface area contributed by atoms with Crippen LogP contribution in [0.15, 0.2) is 37.8 Å². The number of H-pyrrole nitrogens is 1. The average molecular weight is 371 g/mol. The van der Waals surface area contributed by atoms with Gasteiger partial charge in [0.1, 0.15) is 17.3 Å². The number of rotatable bonds is 4. The van der Waals surface area contributed by atoms with Gasteiger partial charge in [0.25, 0.3) is 5.56 Å². The zero-order chi connectivity index (χ0) is 18.3. The number of furan rings is 1. The lowest BCUT2D eigenvalue weighted by molar-refractivity contribution is -0.116. The zero-order valence-electron chi connectivity index (χ0n) is 14.8. The van der Waals surface area contributed by atoms with Gasteiger partial charge in [-0.05, 0) is 38.3 Å². The summed E-state index contributed by atoms with van der Waals surface area (Å²) in [6, 6.07) is 3.71. The molecule has 2 aromatic heterocycles. The Hall–Kier alpha value is -2.28. The van der Waals surface area contributed by atoms with E-state index in [-0.39, 0.29) is 11.3 Å². The number of hydrogen-bond acceptors (Lipinski definition) is 6. The number of nitrogens with one attached hydrogen (secondary N) is 2. The van der Waals surface area contributed by atoms with Gasteiger partial charge < -0.3 is 14.7 Å². The fraction of sp³-hybridized carbons (Fsp3) is 0.421. The Morgan fingerprint density at radius 2 is 2.15 bits per heavy atom. The average Bonchev–Trinajstić information content (AvgIpc) is 3.04. The number of hydrogen-bond donors (Lipinski definition) is 2. The third kappa shape index (κ3) is 2.90. The summed E-state index contributed by atoms with van der Waals surface area (Å²) in [5.41, 5.74) is 1.77. The first-order valence-electron chi connectivity index (χ1n) is 8.95. The molecule has 0 saturated carbocycles. The molecule has 0 radical (unpaired) electrons. The molecule has 0 aromatic carbocycles. The second kappa shape index (κ2) is 6.79. The SMILES string of the molecule is CCCSc1nc2c(c(=O)[nH]1)C(c1ccc(C)o1)C1=C(CCCC1=O)N2. The first-order chi connectivity index (χ1) is 12.6. The van der Waals surface area contributed by atoms with Crippen LogP contribution in [0.5, 0.6) is 0 Å². The van der Waals surface area contributed by atoms with E-state index in [0.29, 0.717) is 34.3 Å². The van der Waals surface area contributed by atoms with Crippen molar-refractivity contribution in [3.63, 3.8) is 0 Å². The minimum absolute atomic E-state index is 0.0762.